The first-order valence-electron chi connectivity index (χ1n) is 4.58. The van der Waals surface area contributed by atoms with E-state index >= 15 is 0 Å². The Balaban J connectivity index is 2.70. The summed E-state index contributed by atoms with van der Waals surface area (Å²) in [7, 11) is 0. The lowest BCUT2D eigenvalue weighted by atomic mass is 9.99. The summed E-state index contributed by atoms with van der Waals surface area (Å²) < 4.78 is 1.12. The Kier molecular flexibility index (Phi) is 2.20. The molecule has 0 aromatic heterocycles. The zero-order valence-electron chi connectivity index (χ0n) is 7.89. The summed E-state index contributed by atoms with van der Waals surface area (Å²) in [6.07, 6.45) is 1.66. The molecule has 1 atom stereocenters. The monoisotopic (exact) mass is 240 g/mol. The van der Waals surface area contributed by atoms with Gasteiger partial charge >= 0.3 is 0 Å². The Morgan fingerprint density at radius 2 is 2.15 bits per heavy atom. The van der Waals surface area contributed by atoms with Crippen molar-refractivity contribution in [2.24, 2.45) is 0 Å². The summed E-state index contributed by atoms with van der Waals surface area (Å²) in [5, 5.41) is 9.79. The second-order valence-corrected chi connectivity index (χ2v) is 4.60. The molecule has 13 heavy (non-hydrogen) atoms. The molecule has 0 aliphatic heterocycles. The fourth-order valence-corrected chi connectivity index (χ4v) is 2.72. The van der Waals surface area contributed by atoms with E-state index in [2.05, 4.69) is 35.8 Å². The van der Waals surface area contributed by atoms with E-state index < -0.39 is 0 Å². The third-order valence-electron chi connectivity index (χ3n) is 2.91. The smallest absolute Gasteiger partial charge is 0.0798 e. The fraction of sp³-hybridized carbons (Fsp3) is 0.455. The predicted octanol–water partition coefficient (Wildman–Crippen LogP) is 3.05. The van der Waals surface area contributed by atoms with Crippen molar-refractivity contribution in [1.29, 1.82) is 0 Å². The molecule has 70 valence electrons. The lowest BCUT2D eigenvalue weighted by Crippen LogP contribution is -1.97. The van der Waals surface area contributed by atoms with E-state index in [0.29, 0.717) is 0 Å². The van der Waals surface area contributed by atoms with Gasteiger partial charge in [-0.25, -0.2) is 0 Å². The molecule has 0 amide bonds. The van der Waals surface area contributed by atoms with E-state index in [1.807, 2.05) is 0 Å². The third kappa shape index (κ3) is 1.32. The Morgan fingerprint density at radius 3 is 2.85 bits per heavy atom. The first-order chi connectivity index (χ1) is 6.11. The number of hydrogen-bond donors (Lipinski definition) is 1. The third-order valence-corrected chi connectivity index (χ3v) is 3.73. The van der Waals surface area contributed by atoms with Crippen molar-refractivity contribution in [2.75, 3.05) is 0 Å². The molecule has 1 unspecified atom stereocenters. The molecule has 1 nitrogen and oxygen atoms in total. The summed E-state index contributed by atoms with van der Waals surface area (Å²) in [6, 6.07) is 2.15. The molecule has 0 bridgehead atoms. The number of fused-ring (bicyclic) bond motifs is 1. The minimum atomic E-state index is -0.244. The summed E-state index contributed by atoms with van der Waals surface area (Å²) >= 11 is 3.52. The van der Waals surface area contributed by atoms with Crippen LogP contribution in [0.2, 0.25) is 0 Å². The highest BCUT2D eigenvalue weighted by molar-refractivity contribution is 9.10. The summed E-state index contributed by atoms with van der Waals surface area (Å²) in [4.78, 5) is 0. The number of aryl methyl sites for hydroxylation is 1. The van der Waals surface area contributed by atoms with Crippen LogP contribution in [0.1, 0.15) is 34.8 Å². The minimum Gasteiger partial charge on any atom is -0.388 e. The van der Waals surface area contributed by atoms with Crippen LogP contribution in [0, 0.1) is 13.8 Å². The Bertz CT molecular complexity index is 358. The van der Waals surface area contributed by atoms with Gasteiger partial charge in [0, 0.05) is 4.47 Å². The topological polar surface area (TPSA) is 20.2 Å². The molecule has 0 heterocycles. The van der Waals surface area contributed by atoms with E-state index in [1.54, 1.807) is 0 Å². The highest BCUT2D eigenvalue weighted by atomic mass is 79.9. The quantitative estimate of drug-likeness (QED) is 0.740. The van der Waals surface area contributed by atoms with Gasteiger partial charge in [-0.2, -0.15) is 0 Å². The van der Waals surface area contributed by atoms with Crippen molar-refractivity contribution in [3.63, 3.8) is 0 Å². The molecule has 1 aliphatic carbocycles. The van der Waals surface area contributed by atoms with Crippen LogP contribution < -0.4 is 0 Å². The van der Waals surface area contributed by atoms with E-state index in [9.17, 15) is 5.11 Å². The maximum Gasteiger partial charge on any atom is 0.0798 e. The zero-order chi connectivity index (χ0) is 9.59. The van der Waals surface area contributed by atoms with Gasteiger partial charge in [-0.3, -0.25) is 0 Å². The van der Waals surface area contributed by atoms with Crippen LogP contribution in [0.15, 0.2) is 10.5 Å². The molecule has 0 saturated heterocycles. The largest absolute Gasteiger partial charge is 0.388 e. The summed E-state index contributed by atoms with van der Waals surface area (Å²) in [5.74, 6) is 0. The fourth-order valence-electron chi connectivity index (χ4n) is 2.16. The van der Waals surface area contributed by atoms with Crippen molar-refractivity contribution in [3.8, 4) is 0 Å². The van der Waals surface area contributed by atoms with E-state index in [4.69, 9.17) is 0 Å². The van der Waals surface area contributed by atoms with Gasteiger partial charge in [0.15, 0.2) is 0 Å². The van der Waals surface area contributed by atoms with Crippen molar-refractivity contribution < 1.29 is 5.11 Å². The number of aliphatic hydroxyl groups is 1. The van der Waals surface area contributed by atoms with Gasteiger partial charge in [-0.05, 0) is 55.0 Å². The van der Waals surface area contributed by atoms with E-state index in [-0.39, 0.29) is 6.10 Å². The van der Waals surface area contributed by atoms with Gasteiger partial charge in [0.05, 0.1) is 6.10 Å². The molecule has 1 N–H and O–H groups in total. The van der Waals surface area contributed by atoms with Gasteiger partial charge < -0.3 is 5.11 Å². The molecular formula is C11H13BrO. The SMILES string of the molecule is Cc1cc(Br)c(C)c2c1CCC2O. The average Bonchev–Trinajstić information content (AvgIpc) is 2.44. The van der Waals surface area contributed by atoms with Crippen molar-refractivity contribution in [1.82, 2.24) is 0 Å². The number of rotatable bonds is 0. The van der Waals surface area contributed by atoms with E-state index in [0.717, 1.165) is 22.9 Å². The average molecular weight is 241 g/mol. The molecular weight excluding hydrogens is 228 g/mol. The lowest BCUT2D eigenvalue weighted by molar-refractivity contribution is 0.179. The predicted molar refractivity (Wildman–Crippen MR) is 56.9 cm³/mol. The van der Waals surface area contributed by atoms with Crippen molar-refractivity contribution in [2.45, 2.75) is 32.8 Å². The van der Waals surface area contributed by atoms with Crippen LogP contribution in [-0.2, 0) is 6.42 Å². The number of hydrogen-bond acceptors (Lipinski definition) is 1. The van der Waals surface area contributed by atoms with Crippen LogP contribution in [0.4, 0.5) is 0 Å². The Hall–Kier alpha value is -0.340. The summed E-state index contributed by atoms with van der Waals surface area (Å²) in [5.41, 5.74) is 5.01. The normalized spacial score (nSPS) is 20.5. The first kappa shape index (κ1) is 9.22. The number of halogens is 1. The molecule has 2 heteroatoms. The van der Waals surface area contributed by atoms with Crippen LogP contribution in [0.25, 0.3) is 0 Å². The van der Waals surface area contributed by atoms with Crippen LogP contribution in [-0.4, -0.2) is 5.11 Å². The van der Waals surface area contributed by atoms with Gasteiger partial charge in [0.25, 0.3) is 0 Å². The molecule has 0 radical (unpaired) electrons. The summed E-state index contributed by atoms with van der Waals surface area (Å²) in [6.45, 7) is 4.18. The molecule has 1 aromatic carbocycles. The second kappa shape index (κ2) is 3.10. The molecule has 0 fully saturated rings. The van der Waals surface area contributed by atoms with E-state index in [1.165, 1.54) is 16.7 Å². The number of aliphatic hydroxyl groups excluding tert-OH is 1. The highest BCUT2D eigenvalue weighted by Crippen LogP contribution is 2.38. The van der Waals surface area contributed by atoms with Gasteiger partial charge in [0.2, 0.25) is 0 Å². The molecule has 1 aromatic rings. The van der Waals surface area contributed by atoms with Gasteiger partial charge in [-0.1, -0.05) is 15.9 Å². The molecule has 1 aliphatic rings. The Morgan fingerprint density at radius 1 is 1.46 bits per heavy atom. The lowest BCUT2D eigenvalue weighted by Gasteiger charge is -2.12. The van der Waals surface area contributed by atoms with Gasteiger partial charge in [-0.15, -0.1) is 0 Å². The van der Waals surface area contributed by atoms with Crippen LogP contribution in [0.5, 0.6) is 0 Å². The van der Waals surface area contributed by atoms with Gasteiger partial charge in [0.1, 0.15) is 0 Å². The molecule has 2 rings (SSSR count). The molecule has 0 spiro atoms. The van der Waals surface area contributed by atoms with Crippen LogP contribution >= 0.6 is 15.9 Å². The maximum atomic E-state index is 9.79. The van der Waals surface area contributed by atoms with Crippen molar-refractivity contribution in [3.05, 3.63) is 32.8 Å². The standard InChI is InChI=1S/C11H13BrO/c1-6-5-9(12)7(2)11-8(6)3-4-10(11)13/h5,10,13H,3-4H2,1-2H3. The zero-order valence-corrected chi connectivity index (χ0v) is 9.48. The first-order valence-corrected chi connectivity index (χ1v) is 5.37. The van der Waals surface area contributed by atoms with Crippen LogP contribution in [0.3, 0.4) is 0 Å². The second-order valence-electron chi connectivity index (χ2n) is 3.75. The molecule has 0 saturated carbocycles. The van der Waals surface area contributed by atoms with Crippen molar-refractivity contribution >= 4 is 15.9 Å². The maximum absolute atomic E-state index is 9.79. The highest BCUT2D eigenvalue weighted by Gasteiger charge is 2.24. The Labute approximate surface area is 86.9 Å². The minimum absolute atomic E-state index is 0.244. The number of benzene rings is 1.